The molecular formula is C11H15N3OS. The van der Waals surface area contributed by atoms with Crippen LogP contribution in [0.4, 0.5) is 5.69 Å². The molecule has 1 unspecified atom stereocenters. The Labute approximate surface area is 99.5 Å². The Morgan fingerprint density at radius 3 is 3.00 bits per heavy atom. The van der Waals surface area contributed by atoms with E-state index in [9.17, 15) is 0 Å². The van der Waals surface area contributed by atoms with E-state index in [0.29, 0.717) is 6.61 Å². The van der Waals surface area contributed by atoms with Gasteiger partial charge in [-0.3, -0.25) is 5.43 Å². The van der Waals surface area contributed by atoms with Crippen molar-refractivity contribution in [2.45, 2.75) is 19.3 Å². The van der Waals surface area contributed by atoms with Crippen molar-refractivity contribution in [3.05, 3.63) is 24.3 Å². The molecule has 2 N–H and O–H groups in total. The number of nitrogens with zero attached hydrogens (tertiary/aromatic N) is 1. The number of hydrogen-bond donors (Lipinski definition) is 2. The monoisotopic (exact) mass is 237 g/mol. The van der Waals surface area contributed by atoms with E-state index in [1.54, 1.807) is 11.8 Å². The van der Waals surface area contributed by atoms with Crippen LogP contribution in [0.15, 0.2) is 29.4 Å². The zero-order chi connectivity index (χ0) is 11.4. The second kappa shape index (κ2) is 5.12. The van der Waals surface area contributed by atoms with Crippen molar-refractivity contribution in [1.29, 1.82) is 0 Å². The summed E-state index contributed by atoms with van der Waals surface area (Å²) in [5.74, 6) is 0.872. The lowest BCUT2D eigenvalue weighted by Gasteiger charge is -2.16. The molecule has 1 aromatic carbocycles. The Bertz CT molecular complexity index is 395. The van der Waals surface area contributed by atoms with Crippen LogP contribution in [0.1, 0.15) is 13.8 Å². The predicted octanol–water partition coefficient (Wildman–Crippen LogP) is 2.45. The first kappa shape index (κ1) is 11.1. The molecule has 16 heavy (non-hydrogen) atoms. The highest BCUT2D eigenvalue weighted by molar-refractivity contribution is 8.14. The highest BCUT2D eigenvalue weighted by atomic mass is 32.2. The van der Waals surface area contributed by atoms with Gasteiger partial charge >= 0.3 is 0 Å². The minimum absolute atomic E-state index is 0.0848. The summed E-state index contributed by atoms with van der Waals surface area (Å²) in [6, 6.07) is 7.91. The molecule has 0 amide bonds. The van der Waals surface area contributed by atoms with Crippen molar-refractivity contribution >= 4 is 22.5 Å². The fourth-order valence-electron chi connectivity index (χ4n) is 1.44. The molecule has 0 saturated carbocycles. The van der Waals surface area contributed by atoms with Gasteiger partial charge in [-0.05, 0) is 26.0 Å². The number of para-hydroxylation sites is 2. The first-order valence-corrected chi connectivity index (χ1v) is 6.12. The summed E-state index contributed by atoms with van der Waals surface area (Å²) >= 11 is 1.66. The molecule has 1 aromatic rings. The number of anilines is 1. The van der Waals surface area contributed by atoms with Gasteiger partial charge in [-0.2, -0.15) is 5.10 Å². The third-order valence-electron chi connectivity index (χ3n) is 2.10. The lowest BCUT2D eigenvalue weighted by Crippen LogP contribution is -2.25. The van der Waals surface area contributed by atoms with Crippen molar-refractivity contribution in [1.82, 2.24) is 5.43 Å². The topological polar surface area (TPSA) is 45.6 Å². The molecule has 0 radical (unpaired) electrons. The number of nitrogens with one attached hydrogen (secondary N) is 2. The third-order valence-corrected chi connectivity index (χ3v) is 2.99. The van der Waals surface area contributed by atoms with Gasteiger partial charge in [0.05, 0.1) is 17.3 Å². The minimum Gasteiger partial charge on any atom is -0.492 e. The molecule has 1 atom stereocenters. The van der Waals surface area contributed by atoms with E-state index in [2.05, 4.69) is 15.8 Å². The Kier molecular flexibility index (Phi) is 3.56. The van der Waals surface area contributed by atoms with E-state index >= 15 is 0 Å². The Morgan fingerprint density at radius 1 is 1.50 bits per heavy atom. The molecule has 2 rings (SSSR count). The van der Waals surface area contributed by atoms with Gasteiger partial charge in [-0.25, -0.2) is 0 Å². The van der Waals surface area contributed by atoms with Crippen LogP contribution in [0.3, 0.4) is 0 Å². The van der Waals surface area contributed by atoms with Crippen LogP contribution in [0.2, 0.25) is 0 Å². The van der Waals surface area contributed by atoms with Crippen molar-refractivity contribution < 1.29 is 4.74 Å². The predicted molar refractivity (Wildman–Crippen MR) is 68.9 cm³/mol. The van der Waals surface area contributed by atoms with Crippen molar-refractivity contribution in [2.24, 2.45) is 5.10 Å². The molecule has 0 aromatic heterocycles. The van der Waals surface area contributed by atoms with Crippen LogP contribution in [0.5, 0.6) is 5.75 Å². The van der Waals surface area contributed by atoms with Gasteiger partial charge in [-0.15, -0.1) is 0 Å². The van der Waals surface area contributed by atoms with Crippen LogP contribution in [-0.2, 0) is 0 Å². The molecule has 1 aliphatic heterocycles. The molecule has 0 aliphatic carbocycles. The second-order valence-electron chi connectivity index (χ2n) is 3.33. The number of benzene rings is 1. The molecule has 1 aliphatic rings. The van der Waals surface area contributed by atoms with Gasteiger partial charge in [0.2, 0.25) is 0 Å². The maximum Gasteiger partial charge on any atom is 0.166 e. The maximum absolute atomic E-state index is 5.54. The third kappa shape index (κ3) is 2.61. The zero-order valence-electron chi connectivity index (χ0n) is 9.36. The smallest absolute Gasteiger partial charge is 0.166 e. The van der Waals surface area contributed by atoms with Crippen LogP contribution >= 0.6 is 11.8 Å². The van der Waals surface area contributed by atoms with Gasteiger partial charge in [0.25, 0.3) is 0 Å². The fourth-order valence-corrected chi connectivity index (χ4v) is 2.18. The summed E-state index contributed by atoms with van der Waals surface area (Å²) in [6.07, 6.45) is 0. The summed E-state index contributed by atoms with van der Waals surface area (Å²) in [5, 5.41) is 8.49. The summed E-state index contributed by atoms with van der Waals surface area (Å²) in [4.78, 5) is 0. The van der Waals surface area contributed by atoms with Crippen molar-refractivity contribution in [2.75, 3.05) is 11.9 Å². The summed E-state index contributed by atoms with van der Waals surface area (Å²) in [7, 11) is 0. The molecule has 86 valence electrons. The van der Waals surface area contributed by atoms with E-state index in [1.807, 2.05) is 38.1 Å². The van der Waals surface area contributed by atoms with Gasteiger partial charge in [0.1, 0.15) is 5.75 Å². The van der Waals surface area contributed by atoms with E-state index in [0.717, 1.165) is 16.5 Å². The minimum atomic E-state index is 0.0848. The lowest BCUT2D eigenvalue weighted by atomic mass is 10.3. The largest absolute Gasteiger partial charge is 0.492 e. The average molecular weight is 237 g/mol. The Morgan fingerprint density at radius 2 is 2.31 bits per heavy atom. The molecule has 5 heteroatoms. The maximum atomic E-state index is 5.54. The van der Waals surface area contributed by atoms with Crippen LogP contribution in [0.25, 0.3) is 0 Å². The SMILES string of the molecule is CCOc1ccccc1NC1NN=C(C)S1. The standard InChI is InChI=1S/C11H15N3OS/c1-3-15-10-7-5-4-6-9(10)12-11-14-13-8(2)16-11/h4-7,11-12,14H,3H2,1-2H3. The van der Waals surface area contributed by atoms with Gasteiger partial charge in [-0.1, -0.05) is 23.9 Å². The zero-order valence-corrected chi connectivity index (χ0v) is 10.2. The average Bonchev–Trinajstić information content (AvgIpc) is 2.67. The summed E-state index contributed by atoms with van der Waals surface area (Å²) < 4.78 is 5.54. The van der Waals surface area contributed by atoms with Crippen LogP contribution < -0.4 is 15.5 Å². The Hall–Kier alpha value is -1.36. The normalized spacial score (nSPS) is 18.9. The molecule has 0 bridgehead atoms. The molecule has 0 spiro atoms. The molecule has 0 saturated heterocycles. The highest BCUT2D eigenvalue weighted by Crippen LogP contribution is 2.27. The van der Waals surface area contributed by atoms with Crippen LogP contribution in [-0.4, -0.2) is 17.1 Å². The van der Waals surface area contributed by atoms with Gasteiger partial charge in [0, 0.05) is 0 Å². The molecular weight excluding hydrogens is 222 g/mol. The Balaban J connectivity index is 2.03. The van der Waals surface area contributed by atoms with E-state index in [4.69, 9.17) is 4.74 Å². The first-order valence-electron chi connectivity index (χ1n) is 5.24. The first-order chi connectivity index (χ1) is 7.79. The highest BCUT2D eigenvalue weighted by Gasteiger charge is 2.16. The number of ether oxygens (including phenoxy) is 1. The fraction of sp³-hybridized carbons (Fsp3) is 0.364. The van der Waals surface area contributed by atoms with Crippen molar-refractivity contribution in [3.63, 3.8) is 0 Å². The summed E-state index contributed by atoms with van der Waals surface area (Å²) in [6.45, 7) is 4.62. The molecule has 4 nitrogen and oxygen atoms in total. The number of hydrazone groups is 1. The van der Waals surface area contributed by atoms with E-state index in [1.165, 1.54) is 0 Å². The summed E-state index contributed by atoms with van der Waals surface area (Å²) in [5.41, 5.74) is 4.08. The van der Waals surface area contributed by atoms with E-state index < -0.39 is 0 Å². The molecule has 1 heterocycles. The van der Waals surface area contributed by atoms with E-state index in [-0.39, 0.29) is 5.50 Å². The van der Waals surface area contributed by atoms with Crippen LogP contribution in [0, 0.1) is 0 Å². The number of thioether (sulfide) groups is 1. The second-order valence-corrected chi connectivity index (χ2v) is 4.63. The number of hydrogen-bond acceptors (Lipinski definition) is 5. The van der Waals surface area contributed by atoms with Gasteiger partial charge < -0.3 is 10.1 Å². The molecule has 0 fully saturated rings. The quantitative estimate of drug-likeness (QED) is 0.844. The van der Waals surface area contributed by atoms with Gasteiger partial charge in [0.15, 0.2) is 5.50 Å². The number of rotatable bonds is 4. The van der Waals surface area contributed by atoms with Crippen molar-refractivity contribution in [3.8, 4) is 5.75 Å². The lowest BCUT2D eigenvalue weighted by molar-refractivity contribution is 0.341.